The Labute approximate surface area is 160 Å². The molecule has 8 heteroatoms. The summed E-state index contributed by atoms with van der Waals surface area (Å²) in [5, 5.41) is 11.3. The molecule has 3 heterocycles. The molecule has 0 aliphatic rings. The molecule has 4 rings (SSSR count). The number of amides is 1. The first-order chi connectivity index (χ1) is 13.6. The lowest BCUT2D eigenvalue weighted by molar-refractivity contribution is -0.116. The quantitative estimate of drug-likeness (QED) is 0.556. The minimum Gasteiger partial charge on any atom is -0.464 e. The van der Waals surface area contributed by atoms with Crippen LogP contribution in [0.1, 0.15) is 11.5 Å². The molecule has 0 unspecified atom stereocenters. The van der Waals surface area contributed by atoms with Gasteiger partial charge in [0.05, 0.1) is 12.4 Å². The highest BCUT2D eigenvalue weighted by atomic mass is 19.1. The molecule has 0 aliphatic carbocycles. The molecule has 0 bridgehead atoms. The number of aromatic nitrogens is 4. The second-order valence-corrected chi connectivity index (χ2v) is 6.37. The third-order valence-electron chi connectivity index (χ3n) is 4.20. The van der Waals surface area contributed by atoms with Gasteiger partial charge >= 0.3 is 0 Å². The van der Waals surface area contributed by atoms with E-state index in [1.54, 1.807) is 41.5 Å². The number of anilines is 1. The molecule has 4 aromatic rings. The van der Waals surface area contributed by atoms with Crippen molar-refractivity contribution in [2.75, 3.05) is 5.32 Å². The lowest BCUT2D eigenvalue weighted by Crippen LogP contribution is -2.21. The molecule has 0 radical (unpaired) electrons. The summed E-state index contributed by atoms with van der Waals surface area (Å²) < 4.78 is 21.8. The topological polar surface area (TPSA) is 77.9 Å². The lowest BCUT2D eigenvalue weighted by atomic mass is 10.1. The second-order valence-electron chi connectivity index (χ2n) is 6.37. The van der Waals surface area contributed by atoms with Crippen LogP contribution in [0.25, 0.3) is 11.1 Å². The minimum absolute atomic E-state index is 0.0479. The van der Waals surface area contributed by atoms with Gasteiger partial charge in [0.25, 0.3) is 0 Å². The molecule has 0 spiro atoms. The number of rotatable bonds is 6. The number of carbonyl (C=O) groups is 1. The van der Waals surface area contributed by atoms with Crippen molar-refractivity contribution in [2.24, 2.45) is 0 Å². The Balaban J connectivity index is 1.40. The fraction of sp³-hybridized carbons (Fsp3) is 0.150. The SMILES string of the molecule is Cc1ccc(Cn2nccc2NC(=O)Cn2cc(-c3ccc(F)cc3)cn2)o1. The van der Waals surface area contributed by atoms with E-state index in [-0.39, 0.29) is 18.3 Å². The van der Waals surface area contributed by atoms with Crippen LogP contribution in [0.15, 0.2) is 65.5 Å². The Hall–Kier alpha value is -3.68. The Morgan fingerprint density at radius 2 is 1.93 bits per heavy atom. The molecular weight excluding hydrogens is 361 g/mol. The maximum atomic E-state index is 13.0. The Bertz CT molecular complexity index is 1090. The smallest absolute Gasteiger partial charge is 0.247 e. The summed E-state index contributed by atoms with van der Waals surface area (Å²) in [6, 6.07) is 11.6. The molecule has 1 N–H and O–H groups in total. The number of nitrogens with one attached hydrogen (secondary N) is 1. The normalized spacial score (nSPS) is 10.9. The van der Waals surface area contributed by atoms with Crippen LogP contribution in [0.3, 0.4) is 0 Å². The van der Waals surface area contributed by atoms with Gasteiger partial charge in [0.2, 0.25) is 5.91 Å². The van der Waals surface area contributed by atoms with Crippen molar-refractivity contribution in [1.82, 2.24) is 19.6 Å². The molecule has 142 valence electrons. The first kappa shape index (κ1) is 17.7. The highest BCUT2D eigenvalue weighted by Gasteiger charge is 2.11. The highest BCUT2D eigenvalue weighted by molar-refractivity contribution is 5.89. The van der Waals surface area contributed by atoms with Gasteiger partial charge in [0.1, 0.15) is 36.2 Å². The van der Waals surface area contributed by atoms with Gasteiger partial charge in [-0.3, -0.25) is 9.48 Å². The van der Waals surface area contributed by atoms with E-state index in [9.17, 15) is 9.18 Å². The molecular formula is C20H18FN5O2. The van der Waals surface area contributed by atoms with Crippen LogP contribution in [-0.2, 0) is 17.9 Å². The zero-order valence-electron chi connectivity index (χ0n) is 15.2. The zero-order chi connectivity index (χ0) is 19.5. The van der Waals surface area contributed by atoms with Crippen LogP contribution in [-0.4, -0.2) is 25.5 Å². The number of nitrogens with zero attached hydrogens (tertiary/aromatic N) is 4. The van der Waals surface area contributed by atoms with Crippen LogP contribution in [0.5, 0.6) is 0 Å². The van der Waals surface area contributed by atoms with Gasteiger partial charge in [-0.1, -0.05) is 12.1 Å². The van der Waals surface area contributed by atoms with E-state index in [0.717, 1.165) is 22.6 Å². The Morgan fingerprint density at radius 1 is 1.11 bits per heavy atom. The lowest BCUT2D eigenvalue weighted by Gasteiger charge is -2.08. The van der Waals surface area contributed by atoms with Crippen molar-refractivity contribution in [3.05, 3.63) is 78.4 Å². The first-order valence-corrected chi connectivity index (χ1v) is 8.72. The van der Waals surface area contributed by atoms with E-state index in [0.29, 0.717) is 12.4 Å². The fourth-order valence-electron chi connectivity index (χ4n) is 2.85. The predicted molar refractivity (Wildman–Crippen MR) is 101 cm³/mol. The van der Waals surface area contributed by atoms with Crippen molar-refractivity contribution in [3.8, 4) is 11.1 Å². The largest absolute Gasteiger partial charge is 0.464 e. The molecule has 1 amide bonds. The molecule has 3 aromatic heterocycles. The van der Waals surface area contributed by atoms with E-state index >= 15 is 0 Å². The standard InChI is InChI=1S/C20H18FN5O2/c1-14-2-7-18(28-14)12-26-19(8-9-22-26)24-20(27)13-25-11-16(10-23-25)15-3-5-17(21)6-4-15/h2-11H,12-13H2,1H3,(H,24,27). The molecule has 28 heavy (non-hydrogen) atoms. The predicted octanol–water partition coefficient (Wildman–Crippen LogP) is 3.47. The van der Waals surface area contributed by atoms with Crippen molar-refractivity contribution in [1.29, 1.82) is 0 Å². The average Bonchev–Trinajstić information content (AvgIpc) is 3.39. The summed E-state index contributed by atoms with van der Waals surface area (Å²) in [6.07, 6.45) is 5.01. The van der Waals surface area contributed by atoms with Crippen LogP contribution in [0.2, 0.25) is 0 Å². The summed E-state index contributed by atoms with van der Waals surface area (Å²) in [4.78, 5) is 12.4. The minimum atomic E-state index is -0.295. The molecule has 1 aromatic carbocycles. The fourth-order valence-corrected chi connectivity index (χ4v) is 2.85. The van der Waals surface area contributed by atoms with Gasteiger partial charge in [0, 0.05) is 17.8 Å². The zero-order valence-corrected chi connectivity index (χ0v) is 15.2. The molecule has 0 saturated carbocycles. The van der Waals surface area contributed by atoms with Gasteiger partial charge in [-0.25, -0.2) is 9.07 Å². The monoisotopic (exact) mass is 379 g/mol. The van der Waals surface area contributed by atoms with E-state index in [2.05, 4.69) is 15.5 Å². The molecule has 0 saturated heterocycles. The number of halogens is 1. The third kappa shape index (κ3) is 4.01. The highest BCUT2D eigenvalue weighted by Crippen LogP contribution is 2.19. The Kier molecular flexibility index (Phi) is 4.76. The van der Waals surface area contributed by atoms with E-state index in [1.165, 1.54) is 16.8 Å². The van der Waals surface area contributed by atoms with Gasteiger partial charge in [0.15, 0.2) is 0 Å². The number of furan rings is 1. The number of carbonyl (C=O) groups excluding carboxylic acids is 1. The van der Waals surface area contributed by atoms with Crippen LogP contribution in [0.4, 0.5) is 10.2 Å². The van der Waals surface area contributed by atoms with Crippen LogP contribution < -0.4 is 5.32 Å². The van der Waals surface area contributed by atoms with Crippen molar-refractivity contribution in [3.63, 3.8) is 0 Å². The van der Waals surface area contributed by atoms with Gasteiger partial charge in [-0.05, 0) is 36.8 Å². The van der Waals surface area contributed by atoms with Crippen molar-refractivity contribution in [2.45, 2.75) is 20.0 Å². The van der Waals surface area contributed by atoms with Crippen LogP contribution in [0, 0.1) is 12.7 Å². The number of aryl methyl sites for hydroxylation is 1. The van der Waals surface area contributed by atoms with Crippen molar-refractivity contribution >= 4 is 11.7 Å². The Morgan fingerprint density at radius 3 is 2.68 bits per heavy atom. The number of hydrogen-bond donors (Lipinski definition) is 1. The third-order valence-corrected chi connectivity index (χ3v) is 4.20. The summed E-state index contributed by atoms with van der Waals surface area (Å²) >= 11 is 0. The molecule has 0 fully saturated rings. The maximum absolute atomic E-state index is 13.0. The summed E-state index contributed by atoms with van der Waals surface area (Å²) in [6.45, 7) is 2.35. The summed E-state index contributed by atoms with van der Waals surface area (Å²) in [5.74, 6) is 1.63. The first-order valence-electron chi connectivity index (χ1n) is 8.72. The second kappa shape index (κ2) is 7.51. The number of benzene rings is 1. The summed E-state index contributed by atoms with van der Waals surface area (Å²) in [5.41, 5.74) is 1.64. The summed E-state index contributed by atoms with van der Waals surface area (Å²) in [7, 11) is 0. The average molecular weight is 379 g/mol. The molecule has 7 nitrogen and oxygen atoms in total. The van der Waals surface area contributed by atoms with Gasteiger partial charge in [-0.15, -0.1) is 0 Å². The van der Waals surface area contributed by atoms with Crippen molar-refractivity contribution < 1.29 is 13.6 Å². The van der Waals surface area contributed by atoms with Gasteiger partial charge < -0.3 is 9.73 Å². The van der Waals surface area contributed by atoms with E-state index < -0.39 is 0 Å². The van der Waals surface area contributed by atoms with E-state index in [1.807, 2.05) is 19.1 Å². The van der Waals surface area contributed by atoms with Gasteiger partial charge in [-0.2, -0.15) is 10.2 Å². The molecule has 0 atom stereocenters. The van der Waals surface area contributed by atoms with E-state index in [4.69, 9.17) is 4.42 Å². The molecule has 0 aliphatic heterocycles. The maximum Gasteiger partial charge on any atom is 0.247 e. The number of hydrogen-bond acceptors (Lipinski definition) is 4. The van der Waals surface area contributed by atoms with Crippen LogP contribution >= 0.6 is 0 Å².